The predicted octanol–water partition coefficient (Wildman–Crippen LogP) is 5.10. The van der Waals surface area contributed by atoms with Gasteiger partial charge in [0.2, 0.25) is 5.91 Å². The average Bonchev–Trinajstić information content (AvgIpc) is 3.07. The zero-order valence-electron chi connectivity index (χ0n) is 13.3. The molecule has 0 radical (unpaired) electrons. The first-order valence-corrected chi connectivity index (χ1v) is 8.91. The minimum Gasteiger partial charge on any atom is -0.350 e. The van der Waals surface area contributed by atoms with Crippen LogP contribution in [0.4, 0.5) is 0 Å². The third-order valence-corrected chi connectivity index (χ3v) is 5.01. The van der Waals surface area contributed by atoms with Crippen LogP contribution in [0.25, 0.3) is 10.8 Å². The molecule has 1 aromatic heterocycles. The summed E-state index contributed by atoms with van der Waals surface area (Å²) < 4.78 is 0. The van der Waals surface area contributed by atoms with E-state index in [1.807, 2.05) is 12.1 Å². The van der Waals surface area contributed by atoms with E-state index in [1.165, 1.54) is 21.2 Å². The second-order valence-electron chi connectivity index (χ2n) is 5.79. The molecule has 0 fully saturated rings. The number of hydrogen-bond acceptors (Lipinski definition) is 2. The lowest BCUT2D eigenvalue weighted by molar-refractivity contribution is -0.121. The van der Waals surface area contributed by atoms with E-state index in [1.54, 1.807) is 11.3 Å². The molecule has 1 unspecified atom stereocenters. The van der Waals surface area contributed by atoms with E-state index in [-0.39, 0.29) is 11.9 Å². The molecule has 1 amide bonds. The van der Waals surface area contributed by atoms with Crippen LogP contribution in [0.1, 0.15) is 36.2 Å². The van der Waals surface area contributed by atoms with Crippen LogP contribution in [0, 0.1) is 0 Å². The van der Waals surface area contributed by atoms with Gasteiger partial charge in [-0.15, -0.1) is 11.3 Å². The molecule has 3 rings (SSSR count). The normalized spacial score (nSPS) is 12.2. The maximum absolute atomic E-state index is 12.2. The van der Waals surface area contributed by atoms with Gasteiger partial charge < -0.3 is 5.32 Å². The molecular formula is C20H21NOS. The number of carbonyl (C=O) groups excluding carboxylic acids is 1. The molecular weight excluding hydrogens is 302 g/mol. The molecule has 0 spiro atoms. The summed E-state index contributed by atoms with van der Waals surface area (Å²) in [6, 6.07) is 18.8. The summed E-state index contributed by atoms with van der Waals surface area (Å²) in [7, 11) is 0. The fraction of sp³-hybridized carbons (Fsp3) is 0.250. The first-order chi connectivity index (χ1) is 11.2. The Morgan fingerprint density at radius 2 is 1.91 bits per heavy atom. The second-order valence-corrected chi connectivity index (χ2v) is 6.82. The topological polar surface area (TPSA) is 29.1 Å². The van der Waals surface area contributed by atoms with Gasteiger partial charge >= 0.3 is 0 Å². The van der Waals surface area contributed by atoms with Gasteiger partial charge in [-0.3, -0.25) is 4.79 Å². The quantitative estimate of drug-likeness (QED) is 0.671. The monoisotopic (exact) mass is 323 g/mol. The number of amides is 1. The molecule has 0 saturated heterocycles. The minimum absolute atomic E-state index is 0.0235. The maximum Gasteiger partial charge on any atom is 0.220 e. The zero-order chi connectivity index (χ0) is 16.1. The molecule has 2 aromatic carbocycles. The molecule has 0 bridgehead atoms. The molecule has 1 heterocycles. The number of rotatable bonds is 6. The van der Waals surface area contributed by atoms with Crippen LogP contribution in [0.2, 0.25) is 0 Å². The number of aryl methyl sites for hydroxylation is 1. The van der Waals surface area contributed by atoms with Crippen molar-refractivity contribution in [2.24, 2.45) is 0 Å². The van der Waals surface area contributed by atoms with Crippen molar-refractivity contribution in [2.75, 3.05) is 0 Å². The summed E-state index contributed by atoms with van der Waals surface area (Å²) in [6.45, 7) is 2.05. The van der Waals surface area contributed by atoms with Crippen molar-refractivity contribution in [1.29, 1.82) is 0 Å². The Kier molecular flexibility index (Phi) is 5.09. The van der Waals surface area contributed by atoms with E-state index < -0.39 is 0 Å². The number of carbonyl (C=O) groups is 1. The summed E-state index contributed by atoms with van der Waals surface area (Å²) in [5.74, 6) is 0.127. The van der Waals surface area contributed by atoms with Crippen LogP contribution in [0.5, 0.6) is 0 Å². The van der Waals surface area contributed by atoms with E-state index in [2.05, 4.69) is 60.1 Å². The fourth-order valence-electron chi connectivity index (χ4n) is 2.90. The lowest BCUT2D eigenvalue weighted by Gasteiger charge is -2.16. The molecule has 0 saturated carbocycles. The van der Waals surface area contributed by atoms with Crippen LogP contribution >= 0.6 is 11.3 Å². The Morgan fingerprint density at radius 3 is 2.74 bits per heavy atom. The van der Waals surface area contributed by atoms with Gasteiger partial charge in [-0.2, -0.15) is 0 Å². The summed E-state index contributed by atoms with van der Waals surface area (Å²) in [4.78, 5) is 13.5. The molecule has 0 aliphatic heterocycles. The number of thiophene rings is 1. The van der Waals surface area contributed by atoms with Gasteiger partial charge in [0.1, 0.15) is 0 Å². The van der Waals surface area contributed by atoms with Crippen LogP contribution in [-0.2, 0) is 11.2 Å². The van der Waals surface area contributed by atoms with Crippen molar-refractivity contribution in [3.63, 3.8) is 0 Å². The standard InChI is InChI=1S/C20H21NOS/c1-15(18-12-4-8-16-7-2-3-11-19(16)18)21-20(22)13-5-9-17-10-6-14-23-17/h2-4,6-8,10-12,14-15H,5,9,13H2,1H3,(H,21,22). The molecule has 3 heteroatoms. The van der Waals surface area contributed by atoms with Gasteiger partial charge in [-0.05, 0) is 47.5 Å². The minimum atomic E-state index is 0.0235. The van der Waals surface area contributed by atoms with Gasteiger partial charge in [0, 0.05) is 11.3 Å². The molecule has 0 aliphatic rings. The van der Waals surface area contributed by atoms with Crippen molar-refractivity contribution < 1.29 is 4.79 Å². The molecule has 2 nitrogen and oxygen atoms in total. The summed E-state index contributed by atoms with van der Waals surface area (Å²) in [5.41, 5.74) is 1.18. The van der Waals surface area contributed by atoms with E-state index in [0.29, 0.717) is 6.42 Å². The van der Waals surface area contributed by atoms with Gasteiger partial charge in [-0.1, -0.05) is 48.5 Å². The lowest BCUT2D eigenvalue weighted by atomic mass is 9.99. The molecule has 118 valence electrons. The Morgan fingerprint density at radius 1 is 1.09 bits per heavy atom. The molecule has 1 atom stereocenters. The Labute approximate surface area is 141 Å². The number of benzene rings is 2. The van der Waals surface area contributed by atoms with Crippen molar-refractivity contribution in [1.82, 2.24) is 5.32 Å². The van der Waals surface area contributed by atoms with E-state index in [9.17, 15) is 4.79 Å². The van der Waals surface area contributed by atoms with Crippen LogP contribution in [0.15, 0.2) is 60.0 Å². The summed E-state index contributed by atoms with van der Waals surface area (Å²) in [5, 5.41) is 7.64. The van der Waals surface area contributed by atoms with Crippen molar-refractivity contribution in [2.45, 2.75) is 32.2 Å². The van der Waals surface area contributed by atoms with Crippen LogP contribution in [-0.4, -0.2) is 5.91 Å². The lowest BCUT2D eigenvalue weighted by Crippen LogP contribution is -2.26. The third kappa shape index (κ3) is 3.99. The summed E-state index contributed by atoms with van der Waals surface area (Å²) >= 11 is 1.76. The summed E-state index contributed by atoms with van der Waals surface area (Å²) in [6.07, 6.45) is 2.45. The molecule has 23 heavy (non-hydrogen) atoms. The van der Waals surface area contributed by atoms with Crippen molar-refractivity contribution >= 4 is 28.0 Å². The number of hydrogen-bond donors (Lipinski definition) is 1. The predicted molar refractivity (Wildman–Crippen MR) is 97.8 cm³/mol. The first kappa shape index (κ1) is 15.8. The van der Waals surface area contributed by atoms with Crippen molar-refractivity contribution in [3.8, 4) is 0 Å². The zero-order valence-corrected chi connectivity index (χ0v) is 14.1. The average molecular weight is 323 g/mol. The van der Waals surface area contributed by atoms with Gasteiger partial charge in [-0.25, -0.2) is 0 Å². The number of nitrogens with one attached hydrogen (secondary N) is 1. The smallest absolute Gasteiger partial charge is 0.220 e. The third-order valence-electron chi connectivity index (χ3n) is 4.07. The largest absolute Gasteiger partial charge is 0.350 e. The Balaban J connectivity index is 1.59. The van der Waals surface area contributed by atoms with Gasteiger partial charge in [0.05, 0.1) is 6.04 Å². The highest BCUT2D eigenvalue weighted by atomic mass is 32.1. The van der Waals surface area contributed by atoms with Crippen molar-refractivity contribution in [3.05, 3.63) is 70.4 Å². The highest BCUT2D eigenvalue weighted by Gasteiger charge is 2.12. The van der Waals surface area contributed by atoms with Gasteiger partial charge in [0.15, 0.2) is 0 Å². The van der Waals surface area contributed by atoms with Crippen LogP contribution < -0.4 is 5.32 Å². The highest BCUT2D eigenvalue weighted by molar-refractivity contribution is 7.09. The molecule has 0 aliphatic carbocycles. The second kappa shape index (κ2) is 7.42. The Bertz CT molecular complexity index is 774. The SMILES string of the molecule is CC(NC(=O)CCCc1cccs1)c1cccc2ccccc12. The van der Waals surface area contributed by atoms with Gasteiger partial charge in [0.25, 0.3) is 0 Å². The molecule has 1 N–H and O–H groups in total. The highest BCUT2D eigenvalue weighted by Crippen LogP contribution is 2.24. The molecule has 3 aromatic rings. The number of fused-ring (bicyclic) bond motifs is 1. The fourth-order valence-corrected chi connectivity index (χ4v) is 3.65. The van der Waals surface area contributed by atoms with E-state index in [4.69, 9.17) is 0 Å². The first-order valence-electron chi connectivity index (χ1n) is 8.03. The van der Waals surface area contributed by atoms with Crippen LogP contribution in [0.3, 0.4) is 0 Å². The Hall–Kier alpha value is -2.13. The van der Waals surface area contributed by atoms with E-state index in [0.717, 1.165) is 12.8 Å². The maximum atomic E-state index is 12.2. The van der Waals surface area contributed by atoms with E-state index >= 15 is 0 Å².